The van der Waals surface area contributed by atoms with E-state index in [-0.39, 0.29) is 23.7 Å². The lowest BCUT2D eigenvalue weighted by Crippen LogP contribution is -2.37. The quantitative estimate of drug-likeness (QED) is 0.420. The van der Waals surface area contributed by atoms with Gasteiger partial charge >= 0.3 is 0 Å². The van der Waals surface area contributed by atoms with Gasteiger partial charge in [-0.2, -0.15) is 0 Å². The first kappa shape index (κ1) is 23.9. The molecule has 0 bridgehead atoms. The Morgan fingerprint density at radius 3 is 2.31 bits per heavy atom. The number of nitrogens with one attached hydrogen (secondary N) is 2. The second-order valence-electron chi connectivity index (χ2n) is 9.00. The fraction of sp³-hybridized carbons (Fsp3) is 0.172. The number of anilines is 1. The number of benzene rings is 3. The summed E-state index contributed by atoms with van der Waals surface area (Å²) in [5.41, 5.74) is 2.98. The van der Waals surface area contributed by atoms with Crippen LogP contribution in [0.4, 0.5) is 14.5 Å². The van der Waals surface area contributed by atoms with Gasteiger partial charge in [0, 0.05) is 39.9 Å². The Bertz CT molecular complexity index is 1410. The van der Waals surface area contributed by atoms with Crippen molar-refractivity contribution in [3.05, 3.63) is 123 Å². The molecule has 0 saturated heterocycles. The van der Waals surface area contributed by atoms with Crippen LogP contribution in [0, 0.1) is 11.6 Å². The standard InChI is InChI=1S/C29H23ClF2N2O2/c1-16-25(29(36)34-28-21(31)12-7-13-22(28)32)26(19-10-5-6-11-20(19)30)27-23(33-16)14-18(15-24(27)35)17-8-3-2-4-9-17/h2-13,18,26,33H,14-15H2,1H3,(H,34,36)/t18-,26+/m0/s1. The van der Waals surface area contributed by atoms with Gasteiger partial charge in [0.2, 0.25) is 0 Å². The van der Waals surface area contributed by atoms with E-state index in [4.69, 9.17) is 11.6 Å². The Kier molecular flexibility index (Phi) is 6.46. The molecule has 1 aliphatic heterocycles. The number of dihydropyridines is 1. The molecule has 3 aromatic rings. The lowest BCUT2D eigenvalue weighted by Gasteiger charge is -2.37. The van der Waals surface area contributed by atoms with Gasteiger partial charge in [-0.1, -0.05) is 66.2 Å². The van der Waals surface area contributed by atoms with E-state index in [0.29, 0.717) is 28.3 Å². The highest BCUT2D eigenvalue weighted by Crippen LogP contribution is 2.47. The van der Waals surface area contributed by atoms with E-state index < -0.39 is 29.1 Å². The summed E-state index contributed by atoms with van der Waals surface area (Å²) in [6.07, 6.45) is 0.863. The molecule has 36 heavy (non-hydrogen) atoms. The number of para-hydroxylation sites is 1. The van der Waals surface area contributed by atoms with Crippen molar-refractivity contribution in [3.8, 4) is 0 Å². The van der Waals surface area contributed by atoms with Crippen LogP contribution in [0.3, 0.4) is 0 Å². The van der Waals surface area contributed by atoms with Gasteiger partial charge in [-0.3, -0.25) is 9.59 Å². The number of hydrogen-bond acceptors (Lipinski definition) is 3. The predicted octanol–water partition coefficient (Wildman–Crippen LogP) is 6.62. The average Bonchev–Trinajstić information content (AvgIpc) is 2.86. The molecule has 7 heteroatoms. The zero-order valence-corrected chi connectivity index (χ0v) is 20.2. The van der Waals surface area contributed by atoms with E-state index >= 15 is 0 Å². The lowest BCUT2D eigenvalue weighted by atomic mass is 9.71. The van der Waals surface area contributed by atoms with Crippen LogP contribution < -0.4 is 10.6 Å². The maximum Gasteiger partial charge on any atom is 0.254 e. The number of carbonyl (C=O) groups is 2. The van der Waals surface area contributed by atoms with Crippen molar-refractivity contribution in [1.82, 2.24) is 5.32 Å². The minimum Gasteiger partial charge on any atom is -0.362 e. The summed E-state index contributed by atoms with van der Waals surface area (Å²) < 4.78 is 28.6. The van der Waals surface area contributed by atoms with E-state index in [2.05, 4.69) is 10.6 Å². The number of carbonyl (C=O) groups excluding carboxylic acids is 2. The van der Waals surface area contributed by atoms with E-state index in [1.807, 2.05) is 30.3 Å². The van der Waals surface area contributed by atoms with Crippen molar-refractivity contribution in [1.29, 1.82) is 0 Å². The molecule has 0 aromatic heterocycles. The van der Waals surface area contributed by atoms with Gasteiger partial charge in [-0.15, -0.1) is 0 Å². The number of Topliss-reactive ketones (excluding diaryl/α,β-unsaturated/α-hetero) is 1. The maximum absolute atomic E-state index is 14.3. The van der Waals surface area contributed by atoms with Crippen LogP contribution in [-0.4, -0.2) is 11.7 Å². The molecule has 3 aromatic carbocycles. The third-order valence-corrected chi connectivity index (χ3v) is 7.10. The Morgan fingerprint density at radius 1 is 0.944 bits per heavy atom. The van der Waals surface area contributed by atoms with Crippen molar-refractivity contribution in [2.45, 2.75) is 31.6 Å². The minimum atomic E-state index is -0.890. The van der Waals surface area contributed by atoms with Crippen LogP contribution in [0.15, 0.2) is 95.3 Å². The molecule has 5 rings (SSSR count). The lowest BCUT2D eigenvalue weighted by molar-refractivity contribution is -0.116. The van der Waals surface area contributed by atoms with E-state index in [0.717, 1.165) is 23.4 Å². The van der Waals surface area contributed by atoms with Crippen molar-refractivity contribution in [3.63, 3.8) is 0 Å². The molecule has 0 unspecified atom stereocenters. The first-order chi connectivity index (χ1) is 17.3. The van der Waals surface area contributed by atoms with Gasteiger partial charge < -0.3 is 10.6 Å². The smallest absolute Gasteiger partial charge is 0.254 e. The zero-order valence-electron chi connectivity index (χ0n) is 19.4. The maximum atomic E-state index is 14.3. The summed E-state index contributed by atoms with van der Waals surface area (Å²) in [4.78, 5) is 27.2. The topological polar surface area (TPSA) is 58.2 Å². The molecular formula is C29H23ClF2N2O2. The molecule has 2 atom stereocenters. The Hall–Kier alpha value is -3.77. The summed E-state index contributed by atoms with van der Waals surface area (Å²) in [6.45, 7) is 1.72. The number of hydrogen-bond donors (Lipinski definition) is 2. The van der Waals surface area contributed by atoms with Gasteiger partial charge in [0.25, 0.3) is 5.91 Å². The van der Waals surface area contributed by atoms with E-state index in [1.165, 1.54) is 6.07 Å². The fourth-order valence-electron chi connectivity index (χ4n) is 5.12. The first-order valence-electron chi connectivity index (χ1n) is 11.6. The van der Waals surface area contributed by atoms with Crippen LogP contribution in [0.1, 0.15) is 42.7 Å². The van der Waals surface area contributed by atoms with Crippen molar-refractivity contribution >= 4 is 29.0 Å². The molecule has 1 heterocycles. The third-order valence-electron chi connectivity index (χ3n) is 6.76. The van der Waals surface area contributed by atoms with Crippen LogP contribution in [-0.2, 0) is 9.59 Å². The van der Waals surface area contributed by atoms with Crippen LogP contribution in [0.25, 0.3) is 0 Å². The predicted molar refractivity (Wildman–Crippen MR) is 135 cm³/mol. The summed E-state index contributed by atoms with van der Waals surface area (Å²) in [5.74, 6) is -3.38. The second kappa shape index (κ2) is 9.70. The molecule has 4 nitrogen and oxygen atoms in total. The van der Waals surface area contributed by atoms with Gasteiger partial charge in [-0.25, -0.2) is 8.78 Å². The Balaban J connectivity index is 1.59. The van der Waals surface area contributed by atoms with Gasteiger partial charge in [0.05, 0.1) is 0 Å². The third kappa shape index (κ3) is 4.33. The molecule has 0 spiro atoms. The molecule has 0 saturated carbocycles. The Labute approximate surface area is 212 Å². The first-order valence-corrected chi connectivity index (χ1v) is 12.0. The van der Waals surface area contributed by atoms with E-state index in [1.54, 1.807) is 31.2 Å². The van der Waals surface area contributed by atoms with E-state index in [9.17, 15) is 18.4 Å². The molecule has 0 fully saturated rings. The van der Waals surface area contributed by atoms with Crippen molar-refractivity contribution in [2.24, 2.45) is 0 Å². The highest BCUT2D eigenvalue weighted by molar-refractivity contribution is 6.31. The molecular weight excluding hydrogens is 482 g/mol. The summed E-state index contributed by atoms with van der Waals surface area (Å²) in [7, 11) is 0. The molecule has 2 aliphatic rings. The largest absolute Gasteiger partial charge is 0.362 e. The van der Waals surface area contributed by atoms with Crippen molar-refractivity contribution in [2.75, 3.05) is 5.32 Å². The minimum absolute atomic E-state index is 0.00691. The fourth-order valence-corrected chi connectivity index (χ4v) is 5.36. The molecule has 182 valence electrons. The number of ketones is 1. The van der Waals surface area contributed by atoms with Gasteiger partial charge in [0.15, 0.2) is 5.78 Å². The highest BCUT2D eigenvalue weighted by atomic mass is 35.5. The number of allylic oxidation sites excluding steroid dienone is 3. The molecule has 1 amide bonds. The van der Waals surface area contributed by atoms with Crippen molar-refractivity contribution < 1.29 is 18.4 Å². The normalized spacial score (nSPS) is 19.6. The number of amides is 1. The molecule has 1 aliphatic carbocycles. The SMILES string of the molecule is CC1=C(C(=O)Nc2c(F)cccc2F)[C@@H](c2ccccc2Cl)C2=C(C[C@H](c3ccccc3)CC2=O)N1. The highest BCUT2D eigenvalue weighted by Gasteiger charge is 2.41. The zero-order chi connectivity index (χ0) is 25.4. The average molecular weight is 505 g/mol. The summed E-state index contributed by atoms with van der Waals surface area (Å²) in [6, 6.07) is 20.2. The van der Waals surface area contributed by atoms with Crippen LogP contribution in [0.5, 0.6) is 0 Å². The Morgan fingerprint density at radius 2 is 1.61 bits per heavy atom. The van der Waals surface area contributed by atoms with Gasteiger partial charge in [0.1, 0.15) is 17.3 Å². The molecule has 2 N–H and O–H groups in total. The van der Waals surface area contributed by atoms with Crippen LogP contribution >= 0.6 is 11.6 Å². The molecule has 0 radical (unpaired) electrons. The van der Waals surface area contributed by atoms with Crippen LogP contribution in [0.2, 0.25) is 5.02 Å². The number of halogens is 3. The summed E-state index contributed by atoms with van der Waals surface area (Å²) >= 11 is 6.56. The summed E-state index contributed by atoms with van der Waals surface area (Å²) in [5, 5.41) is 6.03. The van der Waals surface area contributed by atoms with Gasteiger partial charge in [-0.05, 0) is 48.6 Å². The monoisotopic (exact) mass is 504 g/mol. The second-order valence-corrected chi connectivity index (χ2v) is 9.41. The number of rotatable bonds is 4.